The molecule has 0 saturated carbocycles. The second-order valence-corrected chi connectivity index (χ2v) is 18.8. The van der Waals surface area contributed by atoms with Gasteiger partial charge in [-0.1, -0.05) is 265 Å². The van der Waals surface area contributed by atoms with E-state index in [0.29, 0.717) is 19.3 Å². The maximum atomic E-state index is 12.7. The Kier molecular flexibility index (Phi) is 47.2. The lowest BCUT2D eigenvalue weighted by molar-refractivity contribution is -0.167. The lowest BCUT2D eigenvalue weighted by atomic mass is 9.99. The Bertz CT molecular complexity index is 905. The van der Waals surface area contributed by atoms with E-state index < -0.39 is 6.10 Å². The van der Waals surface area contributed by atoms with Crippen LogP contribution >= 0.6 is 0 Å². The molecule has 0 bridgehead atoms. The quantitative estimate of drug-likeness (QED) is 0.0345. The second-order valence-electron chi connectivity index (χ2n) is 18.8. The number of ether oxygens (including phenoxy) is 3. The maximum Gasteiger partial charge on any atom is 0.306 e. The summed E-state index contributed by atoms with van der Waals surface area (Å²) in [6.45, 7) is 9.05. The Labute approximate surface area is 374 Å². The van der Waals surface area contributed by atoms with E-state index in [4.69, 9.17) is 14.2 Å². The molecular weight excluding hydrogens is 745 g/mol. The van der Waals surface area contributed by atoms with Crippen LogP contribution in [0.5, 0.6) is 0 Å². The molecule has 60 heavy (non-hydrogen) atoms. The third-order valence-electron chi connectivity index (χ3n) is 12.7. The normalized spacial score (nSPS) is 12.4. The fraction of sp³-hybridized carbons (Fsp3) is 0.944. The zero-order chi connectivity index (χ0) is 43.8. The number of carbonyl (C=O) groups excluding carboxylic acids is 3. The van der Waals surface area contributed by atoms with Gasteiger partial charge in [-0.25, -0.2) is 0 Å². The van der Waals surface area contributed by atoms with E-state index >= 15 is 0 Å². The molecule has 0 saturated heterocycles. The second kappa shape index (κ2) is 48.4. The van der Waals surface area contributed by atoms with Crippen LogP contribution in [0.3, 0.4) is 0 Å². The van der Waals surface area contributed by atoms with E-state index in [1.165, 1.54) is 199 Å². The van der Waals surface area contributed by atoms with Crippen LogP contribution < -0.4 is 0 Å². The van der Waals surface area contributed by atoms with Gasteiger partial charge in [0, 0.05) is 19.3 Å². The monoisotopic (exact) mass is 849 g/mol. The van der Waals surface area contributed by atoms with E-state index in [1.807, 2.05) is 0 Å². The van der Waals surface area contributed by atoms with Crippen LogP contribution in [-0.4, -0.2) is 37.2 Å². The van der Waals surface area contributed by atoms with Gasteiger partial charge in [0.1, 0.15) is 13.2 Å². The predicted octanol–water partition coefficient (Wildman–Crippen LogP) is 17.5. The van der Waals surface area contributed by atoms with Gasteiger partial charge >= 0.3 is 17.9 Å². The molecule has 0 radical (unpaired) electrons. The summed E-state index contributed by atoms with van der Waals surface area (Å²) in [5.41, 5.74) is 0. The first-order chi connectivity index (χ1) is 29.4. The molecule has 0 aromatic carbocycles. The van der Waals surface area contributed by atoms with Crippen LogP contribution in [0, 0.1) is 5.92 Å². The summed E-state index contributed by atoms with van der Waals surface area (Å²) in [6.07, 6.45) is 50.8. The van der Waals surface area contributed by atoms with Crippen molar-refractivity contribution >= 4 is 17.9 Å². The summed E-state index contributed by atoms with van der Waals surface area (Å²) in [5.74, 6) is 0.0257. The van der Waals surface area contributed by atoms with Gasteiger partial charge in [-0.15, -0.1) is 0 Å². The number of rotatable bonds is 49. The van der Waals surface area contributed by atoms with Crippen LogP contribution in [0.1, 0.15) is 304 Å². The van der Waals surface area contributed by atoms with Crippen molar-refractivity contribution in [1.29, 1.82) is 0 Å². The molecule has 0 aliphatic carbocycles. The predicted molar refractivity (Wildman–Crippen MR) is 257 cm³/mol. The number of unbranched alkanes of at least 4 members (excludes halogenated alkanes) is 35. The summed E-state index contributed by atoms with van der Waals surface area (Å²) in [5, 5.41) is 0. The van der Waals surface area contributed by atoms with Gasteiger partial charge < -0.3 is 14.2 Å². The maximum absolute atomic E-state index is 12.7. The SMILES string of the molecule is CCCCCCCCCCCCCCCCCCCCC(=O)OC[C@H](COC(=O)CCCCCCCCCCCCC(C)CC)OC(=O)CCCCCCCCCCCC. The third-order valence-corrected chi connectivity index (χ3v) is 12.7. The van der Waals surface area contributed by atoms with Gasteiger partial charge in [-0.05, 0) is 25.2 Å². The summed E-state index contributed by atoms with van der Waals surface area (Å²) >= 11 is 0. The van der Waals surface area contributed by atoms with Crippen molar-refractivity contribution in [3.8, 4) is 0 Å². The molecule has 0 aliphatic heterocycles. The van der Waals surface area contributed by atoms with E-state index in [2.05, 4.69) is 27.7 Å². The molecule has 0 rings (SSSR count). The van der Waals surface area contributed by atoms with E-state index in [-0.39, 0.29) is 31.1 Å². The number of carbonyl (C=O) groups is 3. The van der Waals surface area contributed by atoms with Gasteiger partial charge in [0.15, 0.2) is 6.10 Å². The van der Waals surface area contributed by atoms with Crippen LogP contribution in [0.4, 0.5) is 0 Å². The summed E-state index contributed by atoms with van der Waals surface area (Å²) in [6, 6.07) is 0. The van der Waals surface area contributed by atoms with Gasteiger partial charge in [0.2, 0.25) is 0 Å². The highest BCUT2D eigenvalue weighted by molar-refractivity contribution is 5.71. The molecule has 356 valence electrons. The molecule has 0 spiro atoms. The van der Waals surface area contributed by atoms with Crippen molar-refractivity contribution in [2.75, 3.05) is 13.2 Å². The number of hydrogen-bond donors (Lipinski definition) is 0. The highest BCUT2D eigenvalue weighted by Gasteiger charge is 2.19. The topological polar surface area (TPSA) is 78.9 Å². The molecule has 6 nitrogen and oxygen atoms in total. The molecule has 0 N–H and O–H groups in total. The summed E-state index contributed by atoms with van der Waals surface area (Å²) < 4.78 is 16.8. The number of hydrogen-bond acceptors (Lipinski definition) is 6. The molecule has 0 heterocycles. The molecule has 0 aromatic rings. The molecule has 1 unspecified atom stereocenters. The number of esters is 3. The minimum atomic E-state index is -0.760. The Morgan fingerprint density at radius 2 is 0.583 bits per heavy atom. The average molecular weight is 849 g/mol. The van der Waals surface area contributed by atoms with Crippen LogP contribution in [0.2, 0.25) is 0 Å². The van der Waals surface area contributed by atoms with Crippen LogP contribution in [0.15, 0.2) is 0 Å². The molecule has 0 amide bonds. The highest BCUT2D eigenvalue weighted by Crippen LogP contribution is 2.18. The highest BCUT2D eigenvalue weighted by atomic mass is 16.6. The molecular formula is C54H104O6. The smallest absolute Gasteiger partial charge is 0.306 e. The van der Waals surface area contributed by atoms with Gasteiger partial charge in [0.25, 0.3) is 0 Å². The summed E-state index contributed by atoms with van der Waals surface area (Å²) in [7, 11) is 0. The first-order valence-electron chi connectivity index (χ1n) is 26.9. The lowest BCUT2D eigenvalue weighted by Gasteiger charge is -2.18. The third kappa shape index (κ3) is 45.9. The molecule has 0 fully saturated rings. The van der Waals surface area contributed by atoms with Crippen molar-refractivity contribution in [2.45, 2.75) is 310 Å². The zero-order valence-corrected chi connectivity index (χ0v) is 40.9. The van der Waals surface area contributed by atoms with Crippen LogP contribution in [-0.2, 0) is 28.6 Å². The van der Waals surface area contributed by atoms with E-state index in [9.17, 15) is 14.4 Å². The van der Waals surface area contributed by atoms with Gasteiger partial charge in [-0.3, -0.25) is 14.4 Å². The van der Waals surface area contributed by atoms with Crippen molar-refractivity contribution in [3.05, 3.63) is 0 Å². The van der Waals surface area contributed by atoms with E-state index in [1.54, 1.807) is 0 Å². The molecule has 0 aromatic heterocycles. The minimum Gasteiger partial charge on any atom is -0.462 e. The van der Waals surface area contributed by atoms with Crippen molar-refractivity contribution in [3.63, 3.8) is 0 Å². The zero-order valence-electron chi connectivity index (χ0n) is 40.9. The fourth-order valence-electron chi connectivity index (χ4n) is 8.19. The average Bonchev–Trinajstić information content (AvgIpc) is 3.25. The van der Waals surface area contributed by atoms with Gasteiger partial charge in [-0.2, -0.15) is 0 Å². The minimum absolute atomic E-state index is 0.0627. The van der Waals surface area contributed by atoms with Gasteiger partial charge in [0.05, 0.1) is 0 Å². The van der Waals surface area contributed by atoms with Crippen molar-refractivity contribution in [1.82, 2.24) is 0 Å². The molecule has 6 heteroatoms. The van der Waals surface area contributed by atoms with Crippen LogP contribution in [0.25, 0.3) is 0 Å². The van der Waals surface area contributed by atoms with Crippen molar-refractivity contribution in [2.24, 2.45) is 5.92 Å². The standard InChI is InChI=1S/C54H104O6/c1-5-8-10-12-14-16-18-19-20-21-22-23-24-25-30-33-37-41-45-52(55)58-48-51(60-54(57)47-43-39-35-29-17-15-13-11-9-6-2)49-59-53(56)46-42-38-34-31-27-26-28-32-36-40-44-50(4)7-3/h50-51H,5-49H2,1-4H3/t50?,51-/m1/s1. The largest absolute Gasteiger partial charge is 0.462 e. The Balaban J connectivity index is 4.24. The van der Waals surface area contributed by atoms with E-state index in [0.717, 1.165) is 63.7 Å². The van der Waals surface area contributed by atoms with Crippen molar-refractivity contribution < 1.29 is 28.6 Å². The Morgan fingerprint density at radius 1 is 0.333 bits per heavy atom. The molecule has 0 aliphatic rings. The first kappa shape index (κ1) is 58.4. The first-order valence-corrected chi connectivity index (χ1v) is 26.9. The fourth-order valence-corrected chi connectivity index (χ4v) is 8.19. The lowest BCUT2D eigenvalue weighted by Crippen LogP contribution is -2.30. The Morgan fingerprint density at radius 3 is 0.867 bits per heavy atom. The molecule has 2 atom stereocenters. The summed E-state index contributed by atoms with van der Waals surface area (Å²) in [4.78, 5) is 37.9. The Hall–Kier alpha value is -1.59.